The van der Waals surface area contributed by atoms with Crippen molar-refractivity contribution in [1.29, 1.82) is 0 Å². The largest absolute Gasteiger partial charge is 0.459 e. The number of carbonyl (C=O) groups excluding carboxylic acids is 1. The number of aliphatic hydroxyl groups excluding tert-OH is 1. The van der Waals surface area contributed by atoms with E-state index in [0.29, 0.717) is 18.3 Å². The molecule has 1 aliphatic carbocycles. The van der Waals surface area contributed by atoms with E-state index >= 15 is 0 Å². The summed E-state index contributed by atoms with van der Waals surface area (Å²) in [6.07, 6.45) is 2.02. The highest BCUT2D eigenvalue weighted by Gasteiger charge is 2.52. The molecule has 74 valence electrons. The maximum Gasteiger partial charge on any atom is 0.306 e. The molecule has 1 aliphatic heterocycles. The lowest BCUT2D eigenvalue weighted by Gasteiger charge is -2.22. The first-order valence-electron chi connectivity index (χ1n) is 4.91. The van der Waals surface area contributed by atoms with Crippen LogP contribution in [0.1, 0.15) is 33.1 Å². The van der Waals surface area contributed by atoms with Gasteiger partial charge in [-0.2, -0.15) is 0 Å². The van der Waals surface area contributed by atoms with Gasteiger partial charge in [-0.3, -0.25) is 4.79 Å². The SMILES string of the molecule is C[C@@H](O)[C@H]1C[C@H]2CC(=O)O[C@@]2(C)C1. The fourth-order valence-corrected chi connectivity index (χ4v) is 2.68. The second-order valence-electron chi connectivity index (χ2n) is 4.63. The van der Waals surface area contributed by atoms with E-state index in [4.69, 9.17) is 4.74 Å². The standard InChI is InChI=1S/C10H16O3/c1-6(11)7-3-8-4-9(12)13-10(8,2)5-7/h6-8,11H,3-5H2,1-2H3/t6-,7+,8+,10+/m1/s1. The average molecular weight is 184 g/mol. The molecule has 13 heavy (non-hydrogen) atoms. The lowest BCUT2D eigenvalue weighted by atomic mass is 9.93. The van der Waals surface area contributed by atoms with Gasteiger partial charge in [0.15, 0.2) is 0 Å². The number of carbonyl (C=O) groups is 1. The van der Waals surface area contributed by atoms with E-state index in [1.165, 1.54) is 0 Å². The summed E-state index contributed by atoms with van der Waals surface area (Å²) in [6.45, 7) is 3.81. The van der Waals surface area contributed by atoms with Crippen LogP contribution < -0.4 is 0 Å². The van der Waals surface area contributed by atoms with Gasteiger partial charge in [0, 0.05) is 5.92 Å². The summed E-state index contributed by atoms with van der Waals surface area (Å²) in [5.74, 6) is 0.569. The van der Waals surface area contributed by atoms with Gasteiger partial charge in [-0.05, 0) is 32.6 Å². The van der Waals surface area contributed by atoms with E-state index < -0.39 is 0 Å². The summed E-state index contributed by atoms with van der Waals surface area (Å²) in [4.78, 5) is 11.1. The zero-order valence-electron chi connectivity index (χ0n) is 8.12. The highest BCUT2D eigenvalue weighted by Crippen LogP contribution is 2.49. The Morgan fingerprint density at radius 3 is 2.92 bits per heavy atom. The van der Waals surface area contributed by atoms with Crippen molar-refractivity contribution in [1.82, 2.24) is 0 Å². The molecule has 0 bridgehead atoms. The molecule has 3 heteroatoms. The summed E-state index contributed by atoms with van der Waals surface area (Å²) in [7, 11) is 0. The second-order valence-corrected chi connectivity index (χ2v) is 4.63. The molecule has 0 amide bonds. The summed E-state index contributed by atoms with van der Waals surface area (Å²) in [5, 5.41) is 9.45. The molecule has 0 aromatic rings. The highest BCUT2D eigenvalue weighted by molar-refractivity contribution is 5.73. The van der Waals surface area contributed by atoms with Crippen molar-refractivity contribution in [2.45, 2.75) is 44.8 Å². The third-order valence-corrected chi connectivity index (χ3v) is 3.56. The molecule has 1 N–H and O–H groups in total. The van der Waals surface area contributed by atoms with Crippen molar-refractivity contribution < 1.29 is 14.6 Å². The molecular weight excluding hydrogens is 168 g/mol. The van der Waals surface area contributed by atoms with Crippen molar-refractivity contribution in [3.8, 4) is 0 Å². The van der Waals surface area contributed by atoms with E-state index in [2.05, 4.69) is 0 Å². The monoisotopic (exact) mass is 184 g/mol. The van der Waals surface area contributed by atoms with Crippen LogP contribution in [0.4, 0.5) is 0 Å². The summed E-state index contributed by atoms with van der Waals surface area (Å²) in [5.41, 5.74) is -0.279. The first-order chi connectivity index (χ1) is 6.01. The lowest BCUT2D eigenvalue weighted by molar-refractivity contribution is -0.148. The minimum atomic E-state index is -0.279. The molecule has 0 spiro atoms. The third-order valence-electron chi connectivity index (χ3n) is 3.56. The molecule has 2 rings (SSSR count). The minimum absolute atomic E-state index is 0.0726. The van der Waals surface area contributed by atoms with E-state index in [9.17, 15) is 9.90 Å². The Balaban J connectivity index is 2.10. The first kappa shape index (κ1) is 9.00. The summed E-state index contributed by atoms with van der Waals surface area (Å²) < 4.78 is 5.30. The fraction of sp³-hybridized carbons (Fsp3) is 0.900. The van der Waals surface area contributed by atoms with E-state index in [1.807, 2.05) is 13.8 Å². The molecule has 1 heterocycles. The van der Waals surface area contributed by atoms with Gasteiger partial charge in [0.1, 0.15) is 5.60 Å². The Labute approximate surface area is 78.1 Å². The topological polar surface area (TPSA) is 46.5 Å². The molecule has 2 fully saturated rings. The second kappa shape index (κ2) is 2.71. The van der Waals surface area contributed by atoms with Crippen LogP contribution in [0.15, 0.2) is 0 Å². The van der Waals surface area contributed by atoms with Gasteiger partial charge in [-0.1, -0.05) is 0 Å². The van der Waals surface area contributed by atoms with Gasteiger partial charge in [0.25, 0.3) is 0 Å². The van der Waals surface area contributed by atoms with Crippen molar-refractivity contribution in [2.24, 2.45) is 11.8 Å². The lowest BCUT2D eigenvalue weighted by Crippen LogP contribution is -2.27. The Bertz CT molecular complexity index is 236. The van der Waals surface area contributed by atoms with E-state index in [-0.39, 0.29) is 17.7 Å². The molecule has 0 unspecified atom stereocenters. The van der Waals surface area contributed by atoms with Crippen molar-refractivity contribution in [2.75, 3.05) is 0 Å². The molecule has 1 saturated carbocycles. The molecule has 0 radical (unpaired) electrons. The fourth-order valence-electron chi connectivity index (χ4n) is 2.68. The van der Waals surface area contributed by atoms with Gasteiger partial charge >= 0.3 is 5.97 Å². The number of fused-ring (bicyclic) bond motifs is 1. The molecular formula is C10H16O3. The van der Waals surface area contributed by atoms with Crippen LogP contribution in [-0.2, 0) is 9.53 Å². The van der Waals surface area contributed by atoms with Gasteiger partial charge < -0.3 is 9.84 Å². The van der Waals surface area contributed by atoms with Crippen LogP contribution in [0.2, 0.25) is 0 Å². The predicted molar refractivity (Wildman–Crippen MR) is 47.0 cm³/mol. The summed E-state index contributed by atoms with van der Waals surface area (Å²) >= 11 is 0. The van der Waals surface area contributed by atoms with E-state index in [1.54, 1.807) is 0 Å². The third kappa shape index (κ3) is 1.35. The van der Waals surface area contributed by atoms with Crippen LogP contribution >= 0.6 is 0 Å². The van der Waals surface area contributed by atoms with Crippen molar-refractivity contribution in [3.63, 3.8) is 0 Å². The number of hydrogen-bond acceptors (Lipinski definition) is 3. The van der Waals surface area contributed by atoms with Crippen LogP contribution in [0, 0.1) is 11.8 Å². The van der Waals surface area contributed by atoms with Crippen molar-refractivity contribution in [3.05, 3.63) is 0 Å². The van der Waals surface area contributed by atoms with Gasteiger partial charge in [-0.15, -0.1) is 0 Å². The normalized spacial score (nSPS) is 45.9. The summed E-state index contributed by atoms with van der Waals surface area (Å²) in [6, 6.07) is 0. The van der Waals surface area contributed by atoms with Crippen LogP contribution in [0.3, 0.4) is 0 Å². The van der Waals surface area contributed by atoms with Crippen LogP contribution in [0.25, 0.3) is 0 Å². The number of ether oxygens (including phenoxy) is 1. The molecule has 0 aromatic heterocycles. The van der Waals surface area contributed by atoms with Crippen LogP contribution in [0.5, 0.6) is 0 Å². The quantitative estimate of drug-likeness (QED) is 0.621. The zero-order valence-corrected chi connectivity index (χ0v) is 8.12. The van der Waals surface area contributed by atoms with Crippen molar-refractivity contribution >= 4 is 5.97 Å². The number of hydrogen-bond donors (Lipinski definition) is 1. The Hall–Kier alpha value is -0.570. The number of esters is 1. The Morgan fingerprint density at radius 2 is 2.38 bits per heavy atom. The van der Waals surface area contributed by atoms with E-state index in [0.717, 1.165) is 12.8 Å². The first-order valence-corrected chi connectivity index (χ1v) is 4.91. The Morgan fingerprint density at radius 1 is 1.69 bits per heavy atom. The smallest absolute Gasteiger partial charge is 0.306 e. The minimum Gasteiger partial charge on any atom is -0.459 e. The van der Waals surface area contributed by atoms with Gasteiger partial charge in [0.2, 0.25) is 0 Å². The molecule has 4 atom stereocenters. The molecule has 3 nitrogen and oxygen atoms in total. The highest BCUT2D eigenvalue weighted by atomic mass is 16.6. The van der Waals surface area contributed by atoms with Gasteiger partial charge in [0.05, 0.1) is 12.5 Å². The molecule has 2 aliphatic rings. The van der Waals surface area contributed by atoms with Gasteiger partial charge in [-0.25, -0.2) is 0 Å². The number of rotatable bonds is 1. The number of aliphatic hydroxyl groups is 1. The zero-order chi connectivity index (χ0) is 9.64. The Kier molecular flexibility index (Phi) is 1.88. The molecule has 1 saturated heterocycles. The maximum atomic E-state index is 11.1. The molecule has 0 aromatic carbocycles. The maximum absolute atomic E-state index is 11.1. The van der Waals surface area contributed by atoms with Crippen LogP contribution in [-0.4, -0.2) is 22.8 Å². The average Bonchev–Trinajstić information content (AvgIpc) is 2.38. The predicted octanol–water partition coefficient (Wildman–Crippen LogP) is 1.10.